The van der Waals surface area contributed by atoms with E-state index in [9.17, 15) is 13.2 Å². The van der Waals surface area contributed by atoms with Crippen molar-refractivity contribution in [3.8, 4) is 16.9 Å². The summed E-state index contributed by atoms with van der Waals surface area (Å²) >= 11 is 0. The number of halogens is 3. The van der Waals surface area contributed by atoms with Gasteiger partial charge in [0.05, 0.1) is 0 Å². The topological polar surface area (TPSA) is 9.23 Å². The molecule has 0 spiro atoms. The average molecular weight is 443 g/mol. The van der Waals surface area contributed by atoms with E-state index in [2.05, 4.69) is 48.1 Å². The molecule has 0 radical (unpaired) electrons. The van der Waals surface area contributed by atoms with Gasteiger partial charge in [0.25, 0.3) is 0 Å². The zero-order valence-electron chi connectivity index (χ0n) is 18.8. The third-order valence-electron chi connectivity index (χ3n) is 7.50. The molecule has 1 nitrogen and oxygen atoms in total. The molecule has 0 bridgehead atoms. The molecule has 4 rings (SSSR count). The minimum atomic E-state index is -4.66. The van der Waals surface area contributed by atoms with Gasteiger partial charge in [0.15, 0.2) is 0 Å². The Morgan fingerprint density at radius 1 is 0.844 bits per heavy atom. The number of ether oxygens (including phenoxy) is 1. The molecule has 4 heteroatoms. The van der Waals surface area contributed by atoms with Gasteiger partial charge in [-0.3, -0.25) is 0 Å². The van der Waals surface area contributed by atoms with Crippen molar-refractivity contribution in [1.29, 1.82) is 0 Å². The smallest absolute Gasteiger partial charge is 0.406 e. The van der Waals surface area contributed by atoms with Crippen molar-refractivity contribution in [1.82, 2.24) is 0 Å². The lowest BCUT2D eigenvalue weighted by Crippen LogP contribution is -2.30. The highest BCUT2D eigenvalue weighted by atomic mass is 19.4. The van der Waals surface area contributed by atoms with Gasteiger partial charge in [-0.25, -0.2) is 0 Å². The van der Waals surface area contributed by atoms with Crippen LogP contribution in [-0.2, 0) is 0 Å². The van der Waals surface area contributed by atoms with Gasteiger partial charge in [-0.05, 0) is 104 Å². The summed E-state index contributed by atoms with van der Waals surface area (Å²) in [5.41, 5.74) is 3.31. The molecule has 2 aliphatic carbocycles. The van der Waals surface area contributed by atoms with Gasteiger partial charge in [0.2, 0.25) is 0 Å². The highest BCUT2D eigenvalue weighted by molar-refractivity contribution is 5.64. The Morgan fingerprint density at radius 2 is 1.47 bits per heavy atom. The van der Waals surface area contributed by atoms with Crippen LogP contribution in [0, 0.1) is 17.8 Å². The molecule has 4 unspecified atom stereocenters. The Balaban J connectivity index is 1.33. The maximum atomic E-state index is 12.3. The maximum Gasteiger partial charge on any atom is 0.573 e. The Labute approximate surface area is 189 Å². The van der Waals surface area contributed by atoms with Crippen molar-refractivity contribution in [2.75, 3.05) is 0 Å². The highest BCUT2D eigenvalue weighted by Gasteiger charge is 2.35. The molecule has 0 N–H and O–H groups in total. The summed E-state index contributed by atoms with van der Waals surface area (Å²) in [6.07, 6.45) is 10.5. The first-order chi connectivity index (χ1) is 15.4. The Kier molecular flexibility index (Phi) is 7.27. The first kappa shape index (κ1) is 22.9. The van der Waals surface area contributed by atoms with Crippen LogP contribution in [0.4, 0.5) is 13.2 Å². The monoisotopic (exact) mass is 442 g/mol. The third kappa shape index (κ3) is 5.96. The summed E-state index contributed by atoms with van der Waals surface area (Å²) in [4.78, 5) is 0. The zero-order valence-corrected chi connectivity index (χ0v) is 18.8. The van der Waals surface area contributed by atoms with Gasteiger partial charge >= 0.3 is 6.36 Å². The largest absolute Gasteiger partial charge is 0.573 e. The van der Waals surface area contributed by atoms with E-state index in [4.69, 9.17) is 0 Å². The summed E-state index contributed by atoms with van der Waals surface area (Å²) in [7, 11) is 0. The van der Waals surface area contributed by atoms with E-state index in [0.29, 0.717) is 5.92 Å². The second-order valence-electron chi connectivity index (χ2n) is 9.55. The highest BCUT2D eigenvalue weighted by Crippen LogP contribution is 2.48. The van der Waals surface area contributed by atoms with Gasteiger partial charge in [-0.1, -0.05) is 55.0 Å². The van der Waals surface area contributed by atoms with Crippen molar-refractivity contribution in [3.05, 3.63) is 66.2 Å². The van der Waals surface area contributed by atoms with Crippen molar-refractivity contribution in [2.24, 2.45) is 17.8 Å². The first-order valence-corrected chi connectivity index (χ1v) is 12.0. The summed E-state index contributed by atoms with van der Waals surface area (Å²) in [6, 6.07) is 14.7. The number of allylic oxidation sites excluding steroid dienone is 2. The number of fused-ring (bicyclic) bond motifs is 1. The van der Waals surface area contributed by atoms with E-state index in [1.165, 1.54) is 69.1 Å². The molecule has 0 heterocycles. The standard InChI is InChI=1S/C28H33F3O/c1-2-3-4-5-20-6-7-26-19-25(13-12-24(26)18-20)23-10-8-21(9-11-23)22-14-16-27(17-15-22)32-28(29,30)31/h2-3,8-11,14-17,20,24-26H,4-7,12-13,18-19H2,1H3/b3-2+. The third-order valence-corrected chi connectivity index (χ3v) is 7.50. The van der Waals surface area contributed by atoms with Crippen LogP contribution in [0.2, 0.25) is 0 Å². The van der Waals surface area contributed by atoms with Crippen molar-refractivity contribution >= 4 is 0 Å². The lowest BCUT2D eigenvalue weighted by atomic mass is 9.63. The maximum absolute atomic E-state index is 12.3. The van der Waals surface area contributed by atoms with Gasteiger partial charge in [-0.15, -0.1) is 13.2 Å². The van der Waals surface area contributed by atoms with E-state index in [-0.39, 0.29) is 5.75 Å². The Hall–Kier alpha value is -2.23. The summed E-state index contributed by atoms with van der Waals surface area (Å²) in [5, 5.41) is 0. The second kappa shape index (κ2) is 10.1. The molecule has 0 saturated heterocycles. The number of benzene rings is 2. The van der Waals surface area contributed by atoms with Gasteiger partial charge < -0.3 is 4.74 Å². The molecule has 4 atom stereocenters. The second-order valence-corrected chi connectivity index (χ2v) is 9.55. The Bertz CT molecular complexity index is 882. The lowest BCUT2D eigenvalue weighted by Gasteiger charge is -2.42. The predicted octanol–water partition coefficient (Wildman–Crippen LogP) is 8.91. The van der Waals surface area contributed by atoms with E-state index < -0.39 is 6.36 Å². The summed E-state index contributed by atoms with van der Waals surface area (Å²) < 4.78 is 41.0. The van der Waals surface area contributed by atoms with Crippen molar-refractivity contribution in [3.63, 3.8) is 0 Å². The van der Waals surface area contributed by atoms with Crippen LogP contribution in [0.25, 0.3) is 11.1 Å². The van der Waals surface area contributed by atoms with Crippen molar-refractivity contribution in [2.45, 2.75) is 70.6 Å². The molecule has 0 aromatic heterocycles. The quantitative estimate of drug-likeness (QED) is 0.406. The molecule has 172 valence electrons. The zero-order chi connectivity index (χ0) is 22.6. The van der Waals surface area contributed by atoms with E-state index in [1.807, 2.05) is 0 Å². The minimum Gasteiger partial charge on any atom is -0.406 e. The molecule has 0 aliphatic heterocycles. The molecule has 2 saturated carbocycles. The molecule has 2 aromatic carbocycles. The molecule has 2 aliphatic rings. The van der Waals surface area contributed by atoms with Gasteiger partial charge in [0, 0.05) is 0 Å². The Morgan fingerprint density at radius 3 is 2.12 bits per heavy atom. The van der Waals surface area contributed by atoms with E-state index in [1.54, 1.807) is 12.1 Å². The van der Waals surface area contributed by atoms with E-state index in [0.717, 1.165) is 28.9 Å². The summed E-state index contributed by atoms with van der Waals surface area (Å²) in [6.45, 7) is 2.11. The van der Waals surface area contributed by atoms with Crippen LogP contribution < -0.4 is 4.74 Å². The number of hydrogen-bond donors (Lipinski definition) is 0. The fraction of sp³-hybridized carbons (Fsp3) is 0.500. The SMILES string of the molecule is C/C=C/CCC1CCC2CC(c3ccc(-c4ccc(OC(F)(F)F)cc4)cc3)CCC2C1. The fourth-order valence-electron chi connectivity index (χ4n) is 5.85. The van der Waals surface area contributed by atoms with Crippen LogP contribution in [-0.4, -0.2) is 6.36 Å². The van der Waals surface area contributed by atoms with Gasteiger partial charge in [-0.2, -0.15) is 0 Å². The number of rotatable bonds is 6. The molecular weight excluding hydrogens is 409 g/mol. The minimum absolute atomic E-state index is 0.189. The van der Waals surface area contributed by atoms with Crippen LogP contribution >= 0.6 is 0 Å². The van der Waals surface area contributed by atoms with Crippen LogP contribution in [0.1, 0.15) is 69.8 Å². The molecule has 0 amide bonds. The predicted molar refractivity (Wildman–Crippen MR) is 124 cm³/mol. The normalized spacial score (nSPS) is 26.1. The molecular formula is C28H33F3O. The van der Waals surface area contributed by atoms with E-state index >= 15 is 0 Å². The molecule has 2 aromatic rings. The molecule has 2 fully saturated rings. The summed E-state index contributed by atoms with van der Waals surface area (Å²) in [5.74, 6) is 3.13. The van der Waals surface area contributed by atoms with Crippen LogP contribution in [0.5, 0.6) is 5.75 Å². The van der Waals surface area contributed by atoms with Crippen LogP contribution in [0.15, 0.2) is 60.7 Å². The number of hydrogen-bond acceptors (Lipinski definition) is 1. The first-order valence-electron chi connectivity index (χ1n) is 12.0. The van der Waals surface area contributed by atoms with Gasteiger partial charge in [0.1, 0.15) is 5.75 Å². The van der Waals surface area contributed by atoms with Crippen LogP contribution in [0.3, 0.4) is 0 Å². The number of alkyl halides is 3. The molecule has 32 heavy (non-hydrogen) atoms. The lowest BCUT2D eigenvalue weighted by molar-refractivity contribution is -0.274. The van der Waals surface area contributed by atoms with Crippen molar-refractivity contribution < 1.29 is 17.9 Å². The average Bonchev–Trinajstić information content (AvgIpc) is 2.78. The fourth-order valence-corrected chi connectivity index (χ4v) is 5.85.